The molecule has 5 heterocycles. The maximum Gasteiger partial charge on any atom is 0.409 e. The van der Waals surface area contributed by atoms with Crippen LogP contribution >= 0.6 is 0 Å². The minimum absolute atomic E-state index is 0.00958. The molecular formula is C35H40N10O14S. The number of aliphatic carboxylic acids is 1. The summed E-state index contributed by atoms with van der Waals surface area (Å²) < 4.78 is 44.6. The summed E-state index contributed by atoms with van der Waals surface area (Å²) in [6, 6.07) is 6.70. The number of carbonyl (C=O) groups is 3. The number of aliphatic hydroxyl groups excluding tert-OH is 3. The van der Waals surface area contributed by atoms with E-state index in [-0.39, 0.29) is 49.6 Å². The summed E-state index contributed by atoms with van der Waals surface area (Å²) >= 11 is 0. The van der Waals surface area contributed by atoms with Gasteiger partial charge in [-0.3, -0.25) is 19.4 Å². The van der Waals surface area contributed by atoms with E-state index in [1.54, 1.807) is 30.1 Å². The Morgan fingerprint density at radius 3 is 2.48 bits per heavy atom. The van der Waals surface area contributed by atoms with Gasteiger partial charge >= 0.3 is 23.8 Å². The Morgan fingerprint density at radius 1 is 1.10 bits per heavy atom. The molecule has 2 aliphatic rings. The number of likely N-dealkylation sites (N-methyl/N-ethyl adjacent to an activating group) is 2. The van der Waals surface area contributed by atoms with Crippen molar-refractivity contribution in [2.75, 3.05) is 46.0 Å². The number of amides is 2. The van der Waals surface area contributed by atoms with Crippen LogP contribution in [0.25, 0.3) is 22.3 Å². The van der Waals surface area contributed by atoms with Gasteiger partial charge in [0.25, 0.3) is 0 Å². The van der Waals surface area contributed by atoms with Gasteiger partial charge in [0.05, 0.1) is 35.1 Å². The Bertz CT molecular complexity index is 2450. The molecule has 0 spiro atoms. The van der Waals surface area contributed by atoms with Crippen LogP contribution in [0.3, 0.4) is 0 Å². The van der Waals surface area contributed by atoms with Crippen molar-refractivity contribution in [3.8, 4) is 23.1 Å². The predicted molar refractivity (Wildman–Crippen MR) is 202 cm³/mol. The molecule has 25 heteroatoms. The number of nitro groups is 1. The smallest absolute Gasteiger partial charge is 0.409 e. The number of aromatic nitrogens is 5. The number of nitrogens with zero attached hydrogens (tertiary/aromatic N) is 10. The molecule has 2 amide bonds. The summed E-state index contributed by atoms with van der Waals surface area (Å²) in [6.07, 6.45) is -4.60. The van der Waals surface area contributed by atoms with Crippen LogP contribution in [0.5, 0.6) is 5.75 Å². The van der Waals surface area contributed by atoms with Gasteiger partial charge in [-0.1, -0.05) is 6.07 Å². The van der Waals surface area contributed by atoms with E-state index in [4.69, 9.17) is 14.2 Å². The van der Waals surface area contributed by atoms with E-state index in [0.717, 1.165) is 12.1 Å². The number of carboxylic acid groups (broad SMARTS) is 1. The minimum Gasteiger partial charge on any atom is -0.479 e. The van der Waals surface area contributed by atoms with E-state index >= 15 is 0 Å². The van der Waals surface area contributed by atoms with Gasteiger partial charge in [-0.25, -0.2) is 32.8 Å². The van der Waals surface area contributed by atoms with Gasteiger partial charge in [0, 0.05) is 69.7 Å². The molecule has 0 unspecified atom stereocenters. The van der Waals surface area contributed by atoms with E-state index in [2.05, 4.69) is 21.1 Å². The van der Waals surface area contributed by atoms with Crippen LogP contribution < -0.4 is 4.74 Å². The second kappa shape index (κ2) is 17.1. The first-order valence-electron chi connectivity index (χ1n) is 18.1. The van der Waals surface area contributed by atoms with E-state index < -0.39 is 87.3 Å². The number of carboxylic acids is 1. The fourth-order valence-electron chi connectivity index (χ4n) is 6.61. The fourth-order valence-corrected chi connectivity index (χ4v) is 7.85. The van der Waals surface area contributed by atoms with Gasteiger partial charge in [-0.2, -0.15) is 14.7 Å². The maximum atomic E-state index is 13.5. The molecule has 4 aromatic rings. The van der Waals surface area contributed by atoms with Gasteiger partial charge in [0.2, 0.25) is 16.3 Å². The number of fused-ring (bicyclic) bond motifs is 1. The first kappa shape index (κ1) is 43.3. The van der Waals surface area contributed by atoms with Crippen molar-refractivity contribution in [2.45, 2.75) is 56.2 Å². The zero-order valence-electron chi connectivity index (χ0n) is 32.2. The zero-order valence-corrected chi connectivity index (χ0v) is 33.0. The molecule has 0 aliphatic carbocycles. The highest BCUT2D eigenvalue weighted by Gasteiger charge is 2.50. The lowest BCUT2D eigenvalue weighted by molar-refractivity contribution is -0.387. The van der Waals surface area contributed by atoms with Crippen molar-refractivity contribution in [3.63, 3.8) is 0 Å². The van der Waals surface area contributed by atoms with Crippen LogP contribution in [0.2, 0.25) is 0 Å². The molecule has 60 heavy (non-hydrogen) atoms. The molecular weight excluding hydrogens is 817 g/mol. The molecule has 2 aliphatic heterocycles. The number of ether oxygens (including phenoxy) is 3. The second-order valence-electron chi connectivity index (χ2n) is 14.1. The first-order chi connectivity index (χ1) is 28.4. The molecule has 320 valence electrons. The van der Waals surface area contributed by atoms with Gasteiger partial charge < -0.3 is 44.4 Å². The Kier molecular flexibility index (Phi) is 12.4. The summed E-state index contributed by atoms with van der Waals surface area (Å²) in [5, 5.41) is 65.7. The predicted octanol–water partition coefficient (Wildman–Crippen LogP) is -0.0832. The molecule has 1 aromatic carbocycles. The molecule has 0 saturated carbocycles. The molecule has 24 nitrogen and oxygen atoms in total. The van der Waals surface area contributed by atoms with E-state index in [1.165, 1.54) is 51.4 Å². The normalized spacial score (nSPS) is 21.4. The Hall–Kier alpha value is -6.30. The highest BCUT2D eigenvalue weighted by molar-refractivity contribution is 7.89. The molecule has 2 fully saturated rings. The van der Waals surface area contributed by atoms with Crippen LogP contribution in [0.1, 0.15) is 18.9 Å². The third kappa shape index (κ3) is 8.41. The van der Waals surface area contributed by atoms with Crippen molar-refractivity contribution in [3.05, 3.63) is 64.9 Å². The van der Waals surface area contributed by atoms with Gasteiger partial charge in [0.15, 0.2) is 17.5 Å². The number of hydrogen-bond donors (Lipinski definition) is 4. The van der Waals surface area contributed by atoms with Crippen LogP contribution in [-0.2, 0) is 36.4 Å². The van der Waals surface area contributed by atoms with Crippen molar-refractivity contribution in [1.29, 1.82) is 5.26 Å². The third-order valence-electron chi connectivity index (χ3n) is 10.2. The third-order valence-corrected chi connectivity index (χ3v) is 12.0. The number of nitro benzene ring substituents is 1. The topological polar surface area (TPSA) is 319 Å². The number of nitriles is 1. The van der Waals surface area contributed by atoms with Crippen molar-refractivity contribution < 1.29 is 62.4 Å². The average molecular weight is 857 g/mol. The standard InChI is InChI=1S/C35H40N10O14S/c1-4-60(55,56)42-17-35(18-42,8-9-36)44-15-21(14-39-44)25-22-7-10-43(30(22)38-19-37-25)33(51)40(2)11-12-41(3)34(52)57-16-20-5-6-24(23(13-20)45(53)54)58-32-28(48)26(46)27(47)29(59-32)31(49)50/h5-7,10,13-15,19,26-29,32,46-48H,4,8,11-12,16-18H2,1-3H3,(H,49,50)/t26-,27-,28+,29-,32+/m0/s1. The molecule has 3 aromatic heterocycles. The molecule has 4 N–H and O–H groups in total. The van der Waals surface area contributed by atoms with Crippen molar-refractivity contribution in [1.82, 2.24) is 38.4 Å². The first-order valence-corrected chi connectivity index (χ1v) is 19.7. The van der Waals surface area contributed by atoms with Crippen LogP contribution in [0.15, 0.2) is 49.2 Å². The fraction of sp³-hybridized carbons (Fsp3) is 0.457. The quantitative estimate of drug-likeness (QED) is 0.0951. The SMILES string of the molecule is CCS(=O)(=O)N1CC(CC#N)(n2cc(-c3ncnc4c3ccn4C(=O)N(C)CCN(C)C(=O)OCc3ccc(O[C@@H]4O[C@H](C(=O)O)[C@@H](O)[C@H](O)[C@H]4O)c([N+](=O)[O-])c3)cn2)C1. The van der Waals surface area contributed by atoms with Gasteiger partial charge in [-0.15, -0.1) is 0 Å². The molecule has 2 saturated heterocycles. The van der Waals surface area contributed by atoms with Gasteiger partial charge in [-0.05, 0) is 24.6 Å². The number of carbonyl (C=O) groups excluding carboxylic acids is 2. The minimum atomic E-state index is -3.44. The summed E-state index contributed by atoms with van der Waals surface area (Å²) in [5.74, 6) is -2.20. The average Bonchev–Trinajstić information content (AvgIpc) is 3.88. The zero-order chi connectivity index (χ0) is 43.7. The summed E-state index contributed by atoms with van der Waals surface area (Å²) in [5.41, 5.74) is -0.0734. The Labute approximate surface area is 340 Å². The van der Waals surface area contributed by atoms with Crippen molar-refractivity contribution in [2.24, 2.45) is 0 Å². The molecule has 5 atom stereocenters. The van der Waals surface area contributed by atoms with Crippen LogP contribution in [-0.4, -0.2) is 167 Å². The van der Waals surface area contributed by atoms with E-state index in [9.17, 15) is 58.6 Å². The molecule has 0 radical (unpaired) electrons. The van der Waals surface area contributed by atoms with E-state index in [0.29, 0.717) is 16.6 Å². The van der Waals surface area contributed by atoms with Crippen LogP contribution in [0.4, 0.5) is 15.3 Å². The number of aliphatic hydroxyl groups is 3. The van der Waals surface area contributed by atoms with Crippen LogP contribution in [0, 0.1) is 21.4 Å². The summed E-state index contributed by atoms with van der Waals surface area (Å²) in [6.45, 7) is 1.37. The van der Waals surface area contributed by atoms with Gasteiger partial charge in [0.1, 0.15) is 36.8 Å². The largest absolute Gasteiger partial charge is 0.479 e. The molecule has 0 bridgehead atoms. The number of rotatable bonds is 14. The number of benzene rings is 1. The highest BCUT2D eigenvalue weighted by atomic mass is 32.2. The lowest BCUT2D eigenvalue weighted by Crippen LogP contribution is -2.64. The highest BCUT2D eigenvalue weighted by Crippen LogP contribution is 2.36. The summed E-state index contributed by atoms with van der Waals surface area (Å²) in [4.78, 5) is 60.0. The maximum absolute atomic E-state index is 13.5. The Morgan fingerprint density at radius 2 is 1.82 bits per heavy atom. The number of hydrogen-bond acceptors (Lipinski definition) is 17. The Balaban J connectivity index is 1.05. The van der Waals surface area contributed by atoms with E-state index in [1.807, 2.05) is 0 Å². The lowest BCUT2D eigenvalue weighted by Gasteiger charge is -2.47. The second-order valence-corrected chi connectivity index (χ2v) is 16.4. The lowest BCUT2D eigenvalue weighted by atomic mass is 9.89. The van der Waals surface area contributed by atoms with Crippen molar-refractivity contribution >= 4 is 44.8 Å². The molecule has 6 rings (SSSR count). The monoisotopic (exact) mass is 856 g/mol. The summed E-state index contributed by atoms with van der Waals surface area (Å²) in [7, 11) is -0.510. The number of sulfonamides is 1.